The summed E-state index contributed by atoms with van der Waals surface area (Å²) >= 11 is 0. The number of hydrogen-bond acceptors (Lipinski definition) is 5. The van der Waals surface area contributed by atoms with Crippen molar-refractivity contribution in [1.29, 1.82) is 0 Å². The van der Waals surface area contributed by atoms with Crippen LogP contribution in [0.15, 0.2) is 12.2 Å². The van der Waals surface area contributed by atoms with E-state index < -0.39 is 49.0 Å². The predicted molar refractivity (Wildman–Crippen MR) is 63.3 cm³/mol. The van der Waals surface area contributed by atoms with Crippen LogP contribution in [-0.2, 0) is 19.1 Å². The van der Waals surface area contributed by atoms with Crippen molar-refractivity contribution >= 4 is 11.8 Å². The Balaban J connectivity index is 4.80. The van der Waals surface area contributed by atoms with E-state index in [0.717, 1.165) is 6.92 Å². The zero-order valence-corrected chi connectivity index (χ0v) is 12.0. The van der Waals surface area contributed by atoms with Crippen LogP contribution in [0.5, 0.6) is 0 Å². The van der Waals surface area contributed by atoms with Gasteiger partial charge in [0, 0.05) is 0 Å². The summed E-state index contributed by atoms with van der Waals surface area (Å²) in [6.07, 6.45) is -13.8. The molecule has 1 unspecified atom stereocenters. The fraction of sp³-hybridized carbons (Fsp3) is 0.667. The molecule has 0 aromatic carbocycles. The summed E-state index contributed by atoms with van der Waals surface area (Å²) in [5.41, 5.74) is -5.52. The highest BCUT2D eigenvalue weighted by Gasteiger charge is 2.76. The zero-order valence-electron chi connectivity index (χ0n) is 12.0. The Morgan fingerprint density at radius 1 is 1.13 bits per heavy atom. The topological polar surface area (TPSA) is 72.8 Å². The van der Waals surface area contributed by atoms with Gasteiger partial charge in [-0.25, -0.2) is 4.79 Å². The minimum absolute atomic E-state index is 0.123. The molecular weight excluding hydrogens is 338 g/mol. The standard InChI is InChI=1S/C12H14F6O5/c1-6(2)8(19)5-22-7(3)4-23-9(20)10(21,11(13,14)15)12(16,17)18/h7,21H,1,4-5H2,2-3H3. The maximum Gasteiger partial charge on any atom is 0.437 e. The summed E-state index contributed by atoms with van der Waals surface area (Å²) in [4.78, 5) is 22.2. The summed E-state index contributed by atoms with van der Waals surface area (Å²) in [7, 11) is 0. The second-order valence-corrected chi connectivity index (χ2v) is 4.63. The Kier molecular flexibility index (Phi) is 6.79. The van der Waals surface area contributed by atoms with Crippen molar-refractivity contribution in [2.24, 2.45) is 0 Å². The van der Waals surface area contributed by atoms with Crippen LogP contribution in [-0.4, -0.2) is 54.1 Å². The first-order chi connectivity index (χ1) is 10.1. The number of carbonyl (C=O) groups excluding carboxylic acids is 2. The SMILES string of the molecule is C=C(C)C(=O)COC(C)COC(=O)C(O)(C(F)(F)F)C(F)(F)F. The van der Waals surface area contributed by atoms with Crippen molar-refractivity contribution in [2.75, 3.05) is 13.2 Å². The monoisotopic (exact) mass is 352 g/mol. The molecule has 1 N–H and O–H groups in total. The predicted octanol–water partition coefficient (Wildman–Crippen LogP) is 1.94. The van der Waals surface area contributed by atoms with Crippen LogP contribution < -0.4 is 0 Å². The number of Topliss-reactive ketones (excluding diaryl/α,β-unsaturated/α-hetero) is 1. The molecule has 0 radical (unpaired) electrons. The summed E-state index contributed by atoms with van der Waals surface area (Å²) in [6, 6.07) is 0. The molecule has 0 aromatic rings. The van der Waals surface area contributed by atoms with E-state index in [1.54, 1.807) is 0 Å². The molecule has 0 heterocycles. The van der Waals surface area contributed by atoms with E-state index in [0.29, 0.717) is 0 Å². The largest absolute Gasteiger partial charge is 0.460 e. The van der Waals surface area contributed by atoms with Crippen LogP contribution in [0, 0.1) is 0 Å². The van der Waals surface area contributed by atoms with E-state index in [-0.39, 0.29) is 5.57 Å². The van der Waals surface area contributed by atoms with Crippen LogP contribution in [0.2, 0.25) is 0 Å². The molecule has 0 aliphatic rings. The molecule has 0 saturated heterocycles. The van der Waals surface area contributed by atoms with Gasteiger partial charge in [-0.2, -0.15) is 26.3 Å². The number of hydrogen-bond donors (Lipinski definition) is 1. The average Bonchev–Trinajstić information content (AvgIpc) is 2.38. The number of ketones is 1. The third kappa shape index (κ3) is 5.20. The van der Waals surface area contributed by atoms with E-state index in [1.165, 1.54) is 6.92 Å². The Morgan fingerprint density at radius 3 is 1.91 bits per heavy atom. The number of alkyl halides is 6. The third-order valence-electron chi connectivity index (χ3n) is 2.54. The van der Waals surface area contributed by atoms with Gasteiger partial charge in [0.1, 0.15) is 13.2 Å². The lowest BCUT2D eigenvalue weighted by Crippen LogP contribution is -2.63. The minimum Gasteiger partial charge on any atom is -0.460 e. The number of ether oxygens (including phenoxy) is 2. The van der Waals surface area contributed by atoms with E-state index >= 15 is 0 Å². The van der Waals surface area contributed by atoms with Crippen molar-refractivity contribution < 1.29 is 50.5 Å². The van der Waals surface area contributed by atoms with Gasteiger partial charge in [-0.1, -0.05) is 6.58 Å². The molecule has 0 bridgehead atoms. The van der Waals surface area contributed by atoms with Crippen LogP contribution in [0.3, 0.4) is 0 Å². The second kappa shape index (κ2) is 7.30. The van der Waals surface area contributed by atoms with Gasteiger partial charge in [-0.15, -0.1) is 0 Å². The molecule has 0 spiro atoms. The Hall–Kier alpha value is -1.62. The van der Waals surface area contributed by atoms with E-state index in [9.17, 15) is 35.9 Å². The van der Waals surface area contributed by atoms with Gasteiger partial charge in [-0.05, 0) is 19.4 Å². The highest BCUT2D eigenvalue weighted by Crippen LogP contribution is 2.43. The van der Waals surface area contributed by atoms with Gasteiger partial charge in [0.15, 0.2) is 5.78 Å². The number of aliphatic hydroxyl groups is 1. The summed E-state index contributed by atoms with van der Waals surface area (Å²) in [6.45, 7) is 4.22. The van der Waals surface area contributed by atoms with E-state index in [4.69, 9.17) is 9.84 Å². The zero-order chi connectivity index (χ0) is 18.6. The maximum absolute atomic E-state index is 12.4. The average molecular weight is 352 g/mol. The van der Waals surface area contributed by atoms with Gasteiger partial charge < -0.3 is 14.6 Å². The van der Waals surface area contributed by atoms with Crippen molar-refractivity contribution in [3.05, 3.63) is 12.2 Å². The van der Waals surface area contributed by atoms with Crippen molar-refractivity contribution in [3.63, 3.8) is 0 Å². The summed E-state index contributed by atoms with van der Waals surface area (Å²) < 4.78 is 82.8. The quantitative estimate of drug-likeness (QED) is 0.431. The van der Waals surface area contributed by atoms with Gasteiger partial charge in [-0.3, -0.25) is 4.79 Å². The first-order valence-corrected chi connectivity index (χ1v) is 5.98. The molecule has 134 valence electrons. The Morgan fingerprint density at radius 2 is 1.57 bits per heavy atom. The minimum atomic E-state index is -6.32. The van der Waals surface area contributed by atoms with Crippen molar-refractivity contribution in [3.8, 4) is 0 Å². The molecule has 0 aliphatic heterocycles. The third-order valence-corrected chi connectivity index (χ3v) is 2.54. The lowest BCUT2D eigenvalue weighted by Gasteiger charge is -2.30. The molecule has 23 heavy (non-hydrogen) atoms. The first-order valence-electron chi connectivity index (χ1n) is 5.98. The van der Waals surface area contributed by atoms with Crippen LogP contribution in [0.4, 0.5) is 26.3 Å². The molecule has 1 atom stereocenters. The lowest BCUT2D eigenvalue weighted by molar-refractivity contribution is -0.357. The van der Waals surface area contributed by atoms with Crippen LogP contribution in [0.1, 0.15) is 13.8 Å². The normalized spacial score (nSPS) is 14.3. The second-order valence-electron chi connectivity index (χ2n) is 4.63. The Labute approximate surface area is 126 Å². The Bertz CT molecular complexity index is 454. The lowest BCUT2D eigenvalue weighted by atomic mass is 10.0. The number of esters is 1. The van der Waals surface area contributed by atoms with Crippen molar-refractivity contribution in [2.45, 2.75) is 37.9 Å². The van der Waals surface area contributed by atoms with Gasteiger partial charge in [0.25, 0.3) is 0 Å². The number of rotatable bonds is 7. The van der Waals surface area contributed by atoms with Crippen molar-refractivity contribution in [1.82, 2.24) is 0 Å². The van der Waals surface area contributed by atoms with Crippen LogP contribution in [0.25, 0.3) is 0 Å². The molecule has 0 aromatic heterocycles. The molecule has 0 fully saturated rings. The number of carbonyl (C=O) groups is 2. The smallest absolute Gasteiger partial charge is 0.437 e. The molecule has 0 amide bonds. The van der Waals surface area contributed by atoms with Gasteiger partial charge in [0.05, 0.1) is 6.10 Å². The molecule has 0 saturated carbocycles. The van der Waals surface area contributed by atoms with Crippen LogP contribution >= 0.6 is 0 Å². The van der Waals surface area contributed by atoms with E-state index in [2.05, 4.69) is 11.3 Å². The molecular formula is C12H14F6O5. The summed E-state index contributed by atoms with van der Waals surface area (Å²) in [5.74, 6) is -3.48. The fourth-order valence-electron chi connectivity index (χ4n) is 1.08. The van der Waals surface area contributed by atoms with Gasteiger partial charge >= 0.3 is 23.9 Å². The van der Waals surface area contributed by atoms with E-state index in [1.807, 2.05) is 0 Å². The summed E-state index contributed by atoms with van der Waals surface area (Å²) in [5, 5.41) is 8.73. The first kappa shape index (κ1) is 21.4. The molecule has 0 aliphatic carbocycles. The van der Waals surface area contributed by atoms with Gasteiger partial charge in [0.2, 0.25) is 0 Å². The fourth-order valence-corrected chi connectivity index (χ4v) is 1.08. The molecule has 5 nitrogen and oxygen atoms in total. The highest BCUT2D eigenvalue weighted by molar-refractivity contribution is 5.95. The number of halogens is 6. The molecule has 0 rings (SSSR count). The maximum atomic E-state index is 12.4. The highest BCUT2D eigenvalue weighted by atomic mass is 19.4. The molecule has 11 heteroatoms.